The average Bonchev–Trinajstić information content (AvgIpc) is 2.63. The molecule has 2 aromatic carbocycles. The quantitative estimate of drug-likeness (QED) is 0.734. The molecule has 0 fully saturated rings. The van der Waals surface area contributed by atoms with E-state index in [-0.39, 0.29) is 24.0 Å². The zero-order valence-electron chi connectivity index (χ0n) is 15.1. The van der Waals surface area contributed by atoms with Crippen molar-refractivity contribution in [1.29, 1.82) is 0 Å². The summed E-state index contributed by atoms with van der Waals surface area (Å²) in [6.07, 6.45) is 0.0796. The molecule has 0 bridgehead atoms. The van der Waals surface area contributed by atoms with Crippen LogP contribution in [0.5, 0.6) is 0 Å². The number of carbonyl (C=O) groups excluding carboxylic acids is 2. The number of amides is 2. The number of benzene rings is 2. The van der Waals surface area contributed by atoms with Crippen molar-refractivity contribution in [1.82, 2.24) is 0 Å². The number of carbonyl (C=O) groups is 2. The van der Waals surface area contributed by atoms with Crippen LogP contribution < -0.4 is 15.4 Å². The van der Waals surface area contributed by atoms with Gasteiger partial charge in [-0.25, -0.2) is 8.42 Å². The monoisotopic (exact) mass is 387 g/mol. The first-order chi connectivity index (χ1) is 12.8. The fraction of sp³-hybridized carbons (Fsp3) is 0.263. The highest BCUT2D eigenvalue weighted by Crippen LogP contribution is 2.33. The summed E-state index contributed by atoms with van der Waals surface area (Å²) in [7, 11) is -3.37. The summed E-state index contributed by atoms with van der Waals surface area (Å²) in [6.45, 7) is 3.32. The molecule has 3 rings (SSSR count). The van der Waals surface area contributed by atoms with Crippen molar-refractivity contribution in [2.75, 3.05) is 21.1 Å². The molecule has 1 unspecified atom stereocenters. The van der Waals surface area contributed by atoms with Gasteiger partial charge in [-0.15, -0.1) is 0 Å². The Kier molecular flexibility index (Phi) is 5.18. The zero-order chi connectivity index (χ0) is 19.6. The van der Waals surface area contributed by atoms with Gasteiger partial charge in [0.2, 0.25) is 21.8 Å². The first-order valence-electron chi connectivity index (χ1n) is 8.60. The normalized spacial score (nSPS) is 16.2. The van der Waals surface area contributed by atoms with E-state index in [1.54, 1.807) is 44.2 Å². The molecule has 0 aromatic heterocycles. The molecule has 27 heavy (non-hydrogen) atoms. The van der Waals surface area contributed by atoms with Crippen molar-refractivity contribution in [2.24, 2.45) is 0 Å². The van der Waals surface area contributed by atoms with Gasteiger partial charge >= 0.3 is 0 Å². The van der Waals surface area contributed by atoms with E-state index in [1.807, 2.05) is 12.1 Å². The minimum atomic E-state index is -3.37. The van der Waals surface area contributed by atoms with E-state index in [1.165, 1.54) is 0 Å². The number of hydrogen-bond acceptors (Lipinski definition) is 4. The van der Waals surface area contributed by atoms with Crippen LogP contribution in [0.3, 0.4) is 0 Å². The summed E-state index contributed by atoms with van der Waals surface area (Å²) >= 11 is 0. The lowest BCUT2D eigenvalue weighted by Crippen LogP contribution is -2.30. The molecule has 3 N–H and O–H groups in total. The van der Waals surface area contributed by atoms with Gasteiger partial charge in [0.25, 0.3) is 0 Å². The van der Waals surface area contributed by atoms with Gasteiger partial charge in [0.1, 0.15) is 0 Å². The molecule has 0 radical (unpaired) electrons. The Balaban J connectivity index is 1.79. The minimum absolute atomic E-state index is 0.0198. The molecule has 0 aliphatic carbocycles. The SMILES string of the molecule is CCS(=O)(=O)Nc1ccc(NC(=O)C2CC(=O)Nc3ccccc32)cc1C. The van der Waals surface area contributed by atoms with E-state index < -0.39 is 15.9 Å². The first kappa shape index (κ1) is 18.9. The van der Waals surface area contributed by atoms with E-state index in [0.29, 0.717) is 22.6 Å². The van der Waals surface area contributed by atoms with Crippen molar-refractivity contribution >= 4 is 38.9 Å². The van der Waals surface area contributed by atoms with E-state index in [2.05, 4.69) is 15.4 Å². The van der Waals surface area contributed by atoms with E-state index in [4.69, 9.17) is 0 Å². The summed E-state index contributed by atoms with van der Waals surface area (Å²) in [5.74, 6) is -1.07. The number of rotatable bonds is 5. The largest absolute Gasteiger partial charge is 0.326 e. The van der Waals surface area contributed by atoms with E-state index >= 15 is 0 Å². The van der Waals surface area contributed by atoms with Gasteiger partial charge in [0, 0.05) is 17.8 Å². The third-order valence-corrected chi connectivity index (χ3v) is 5.75. The summed E-state index contributed by atoms with van der Waals surface area (Å²) in [4.78, 5) is 24.6. The third kappa shape index (κ3) is 4.28. The molecule has 1 aliphatic heterocycles. The van der Waals surface area contributed by atoms with Gasteiger partial charge < -0.3 is 10.6 Å². The lowest BCUT2D eigenvalue weighted by atomic mass is 9.90. The van der Waals surface area contributed by atoms with Gasteiger partial charge in [-0.2, -0.15) is 0 Å². The highest BCUT2D eigenvalue weighted by atomic mass is 32.2. The molecule has 1 heterocycles. The Morgan fingerprint density at radius 1 is 1.22 bits per heavy atom. The van der Waals surface area contributed by atoms with Crippen molar-refractivity contribution in [3.8, 4) is 0 Å². The molecule has 2 aromatic rings. The fourth-order valence-corrected chi connectivity index (χ4v) is 3.68. The Labute approximate surface area is 158 Å². The fourth-order valence-electron chi connectivity index (χ4n) is 2.97. The summed E-state index contributed by atoms with van der Waals surface area (Å²) < 4.78 is 25.9. The number of nitrogens with one attached hydrogen (secondary N) is 3. The van der Waals surface area contributed by atoms with Gasteiger partial charge in [0.05, 0.1) is 17.4 Å². The number of hydrogen-bond donors (Lipinski definition) is 3. The summed E-state index contributed by atoms with van der Waals surface area (Å²) in [5.41, 5.74) is 3.12. The molecule has 142 valence electrons. The van der Waals surface area contributed by atoms with Crippen LogP contribution in [0.4, 0.5) is 17.1 Å². The van der Waals surface area contributed by atoms with Crippen LogP contribution >= 0.6 is 0 Å². The van der Waals surface area contributed by atoms with Crippen LogP contribution in [0.1, 0.15) is 30.4 Å². The summed E-state index contributed by atoms with van der Waals surface area (Å²) in [6, 6.07) is 12.2. The first-order valence-corrected chi connectivity index (χ1v) is 10.2. The molecular weight excluding hydrogens is 366 g/mol. The lowest BCUT2D eigenvalue weighted by Gasteiger charge is -2.24. The van der Waals surface area contributed by atoms with Crippen molar-refractivity contribution in [2.45, 2.75) is 26.2 Å². The van der Waals surface area contributed by atoms with Gasteiger partial charge in [-0.3, -0.25) is 14.3 Å². The molecule has 8 heteroatoms. The van der Waals surface area contributed by atoms with E-state index in [9.17, 15) is 18.0 Å². The number of anilines is 3. The van der Waals surface area contributed by atoms with Crippen LogP contribution in [0, 0.1) is 6.92 Å². The zero-order valence-corrected chi connectivity index (χ0v) is 15.9. The maximum Gasteiger partial charge on any atom is 0.232 e. The lowest BCUT2D eigenvalue weighted by molar-refractivity contribution is -0.123. The highest BCUT2D eigenvalue weighted by molar-refractivity contribution is 7.92. The van der Waals surface area contributed by atoms with Crippen molar-refractivity contribution in [3.63, 3.8) is 0 Å². The van der Waals surface area contributed by atoms with Gasteiger partial charge in [-0.05, 0) is 49.2 Å². The molecule has 1 aliphatic rings. The molecule has 0 saturated carbocycles. The summed E-state index contributed by atoms with van der Waals surface area (Å²) in [5, 5.41) is 5.59. The molecule has 7 nitrogen and oxygen atoms in total. The predicted molar refractivity (Wildman–Crippen MR) is 105 cm³/mol. The minimum Gasteiger partial charge on any atom is -0.326 e. The Hall–Kier alpha value is -2.87. The second-order valence-electron chi connectivity index (χ2n) is 6.42. The molecule has 2 amide bonds. The number of para-hydroxylation sites is 1. The number of fused-ring (bicyclic) bond motifs is 1. The third-order valence-electron chi connectivity index (χ3n) is 4.46. The van der Waals surface area contributed by atoms with Crippen LogP contribution in [0.15, 0.2) is 42.5 Å². The Bertz CT molecular complexity index is 1000. The van der Waals surface area contributed by atoms with Crippen molar-refractivity contribution in [3.05, 3.63) is 53.6 Å². The van der Waals surface area contributed by atoms with E-state index in [0.717, 1.165) is 5.56 Å². The predicted octanol–water partition coefficient (Wildman–Crippen LogP) is 2.82. The maximum absolute atomic E-state index is 12.7. The van der Waals surface area contributed by atoms with Crippen LogP contribution in [0.25, 0.3) is 0 Å². The standard InChI is InChI=1S/C19H21N3O4S/c1-3-27(25,26)22-16-9-8-13(10-12(16)2)20-19(24)15-11-18(23)21-17-7-5-4-6-14(15)17/h4-10,15,22H,3,11H2,1-2H3,(H,20,24)(H,21,23). The van der Waals surface area contributed by atoms with Crippen LogP contribution in [0.2, 0.25) is 0 Å². The topological polar surface area (TPSA) is 104 Å². The van der Waals surface area contributed by atoms with Crippen LogP contribution in [-0.4, -0.2) is 26.0 Å². The van der Waals surface area contributed by atoms with Gasteiger partial charge in [-0.1, -0.05) is 18.2 Å². The number of aryl methyl sites for hydroxylation is 1. The van der Waals surface area contributed by atoms with Crippen LogP contribution in [-0.2, 0) is 19.6 Å². The molecule has 1 atom stereocenters. The second kappa shape index (κ2) is 7.40. The molecule has 0 spiro atoms. The smallest absolute Gasteiger partial charge is 0.232 e. The second-order valence-corrected chi connectivity index (χ2v) is 8.43. The maximum atomic E-state index is 12.7. The molecular formula is C19H21N3O4S. The average molecular weight is 387 g/mol. The Morgan fingerprint density at radius 3 is 2.67 bits per heavy atom. The van der Waals surface area contributed by atoms with Crippen molar-refractivity contribution < 1.29 is 18.0 Å². The molecule has 0 saturated heterocycles. The van der Waals surface area contributed by atoms with Gasteiger partial charge in [0.15, 0.2) is 0 Å². The highest BCUT2D eigenvalue weighted by Gasteiger charge is 2.30. The Morgan fingerprint density at radius 2 is 1.96 bits per heavy atom. The number of sulfonamides is 1.